The van der Waals surface area contributed by atoms with Crippen molar-refractivity contribution in [1.82, 2.24) is 10.2 Å². The normalized spacial score (nSPS) is 23.9. The summed E-state index contributed by atoms with van der Waals surface area (Å²) in [5.74, 6) is 0.775. The zero-order chi connectivity index (χ0) is 13.9. The fourth-order valence-corrected chi connectivity index (χ4v) is 3.61. The number of nitrogens with one attached hydrogen (secondary N) is 1. The van der Waals surface area contributed by atoms with Gasteiger partial charge in [-0.05, 0) is 55.0 Å². The fraction of sp³-hybridized carbons (Fsp3) is 0.750. The lowest BCUT2D eigenvalue weighted by Crippen LogP contribution is -2.62. The number of rotatable bonds is 5. The van der Waals surface area contributed by atoms with E-state index < -0.39 is 0 Å². The second-order valence-corrected chi connectivity index (χ2v) is 7.63. The maximum Gasteiger partial charge on any atom is 0.0278 e. The molecule has 1 atom stereocenters. The van der Waals surface area contributed by atoms with Crippen molar-refractivity contribution < 1.29 is 0 Å². The molecule has 1 aliphatic heterocycles. The van der Waals surface area contributed by atoms with E-state index >= 15 is 0 Å². The van der Waals surface area contributed by atoms with Gasteiger partial charge >= 0.3 is 0 Å². The molecule has 1 N–H and O–H groups in total. The Hall–Kier alpha value is -0.380. The van der Waals surface area contributed by atoms with Crippen LogP contribution in [-0.2, 0) is 6.42 Å². The molecule has 108 valence electrons. The first-order chi connectivity index (χ1) is 8.97. The number of hydrogen-bond acceptors (Lipinski definition) is 3. The minimum Gasteiger partial charge on any atom is -0.311 e. The van der Waals surface area contributed by atoms with Crippen molar-refractivity contribution in [3.05, 3.63) is 22.4 Å². The van der Waals surface area contributed by atoms with Gasteiger partial charge in [0.2, 0.25) is 0 Å². The van der Waals surface area contributed by atoms with Crippen LogP contribution in [0.1, 0.15) is 39.7 Å². The Bertz CT molecular complexity index is 370. The summed E-state index contributed by atoms with van der Waals surface area (Å²) >= 11 is 1.80. The van der Waals surface area contributed by atoms with Gasteiger partial charge in [-0.3, -0.25) is 4.90 Å². The highest BCUT2D eigenvalue weighted by molar-refractivity contribution is 7.07. The van der Waals surface area contributed by atoms with E-state index in [-0.39, 0.29) is 5.54 Å². The minimum atomic E-state index is 0.281. The second kappa shape index (κ2) is 6.38. The Balaban J connectivity index is 1.90. The largest absolute Gasteiger partial charge is 0.311 e. The average Bonchev–Trinajstić information content (AvgIpc) is 2.82. The summed E-state index contributed by atoms with van der Waals surface area (Å²) in [4.78, 5) is 2.67. The third-order valence-electron chi connectivity index (χ3n) is 4.13. The van der Waals surface area contributed by atoms with E-state index in [4.69, 9.17) is 0 Å². The topological polar surface area (TPSA) is 15.3 Å². The average molecular weight is 280 g/mol. The molecule has 1 aliphatic rings. The molecular formula is C16H28N2S. The van der Waals surface area contributed by atoms with Gasteiger partial charge in [0.05, 0.1) is 0 Å². The lowest BCUT2D eigenvalue weighted by Gasteiger charge is -2.46. The van der Waals surface area contributed by atoms with Crippen molar-refractivity contribution in [3.63, 3.8) is 0 Å². The molecule has 0 amide bonds. The quantitative estimate of drug-likeness (QED) is 0.889. The monoisotopic (exact) mass is 280 g/mol. The van der Waals surface area contributed by atoms with Crippen LogP contribution in [0.25, 0.3) is 0 Å². The zero-order valence-electron chi connectivity index (χ0n) is 12.8. The Morgan fingerprint density at radius 1 is 1.47 bits per heavy atom. The Morgan fingerprint density at radius 2 is 2.26 bits per heavy atom. The summed E-state index contributed by atoms with van der Waals surface area (Å²) in [6.45, 7) is 12.8. The predicted molar refractivity (Wildman–Crippen MR) is 84.9 cm³/mol. The third-order valence-corrected chi connectivity index (χ3v) is 4.86. The Labute approximate surface area is 122 Å². The summed E-state index contributed by atoms with van der Waals surface area (Å²) in [7, 11) is 0. The van der Waals surface area contributed by atoms with Gasteiger partial charge < -0.3 is 5.32 Å². The third kappa shape index (κ3) is 4.30. The van der Waals surface area contributed by atoms with Crippen LogP contribution in [0.15, 0.2) is 16.8 Å². The first-order valence-electron chi connectivity index (χ1n) is 7.47. The minimum absolute atomic E-state index is 0.281. The van der Waals surface area contributed by atoms with Crippen LogP contribution in [0.4, 0.5) is 0 Å². The number of hydrogen-bond donors (Lipinski definition) is 1. The van der Waals surface area contributed by atoms with Gasteiger partial charge in [0.1, 0.15) is 0 Å². The van der Waals surface area contributed by atoms with Crippen molar-refractivity contribution >= 4 is 11.3 Å². The molecule has 2 nitrogen and oxygen atoms in total. The maximum atomic E-state index is 3.72. The van der Waals surface area contributed by atoms with Crippen molar-refractivity contribution in [2.75, 3.05) is 19.6 Å². The van der Waals surface area contributed by atoms with E-state index in [2.05, 4.69) is 54.7 Å². The highest BCUT2D eigenvalue weighted by Gasteiger charge is 2.33. The second-order valence-electron chi connectivity index (χ2n) is 6.85. The van der Waals surface area contributed by atoms with Crippen molar-refractivity contribution in [3.8, 4) is 0 Å². The molecule has 1 unspecified atom stereocenters. The molecule has 3 heteroatoms. The van der Waals surface area contributed by atoms with E-state index in [0.717, 1.165) is 12.5 Å². The fourth-order valence-electron chi connectivity index (χ4n) is 2.90. The van der Waals surface area contributed by atoms with Crippen LogP contribution in [0.5, 0.6) is 0 Å². The summed E-state index contributed by atoms with van der Waals surface area (Å²) in [5.41, 5.74) is 1.77. The van der Waals surface area contributed by atoms with E-state index in [0.29, 0.717) is 6.04 Å². The highest BCUT2D eigenvalue weighted by atomic mass is 32.1. The molecule has 1 aromatic rings. The Kier molecular flexibility index (Phi) is 5.04. The molecule has 1 fully saturated rings. The van der Waals surface area contributed by atoms with Crippen LogP contribution in [0.2, 0.25) is 0 Å². The lowest BCUT2D eigenvalue weighted by atomic mass is 9.93. The Morgan fingerprint density at radius 3 is 2.89 bits per heavy atom. The predicted octanol–water partition coefficient (Wildman–Crippen LogP) is 3.39. The van der Waals surface area contributed by atoms with Gasteiger partial charge in [-0.25, -0.2) is 0 Å². The molecule has 0 aromatic carbocycles. The molecule has 2 rings (SSSR count). The SMILES string of the molecule is CC(C)CC1CN(CCc2ccsc2)C(C)(C)CN1. The smallest absolute Gasteiger partial charge is 0.0278 e. The van der Waals surface area contributed by atoms with Gasteiger partial charge in [-0.15, -0.1) is 0 Å². The summed E-state index contributed by atoms with van der Waals surface area (Å²) < 4.78 is 0. The highest BCUT2D eigenvalue weighted by Crippen LogP contribution is 2.22. The van der Waals surface area contributed by atoms with Gasteiger partial charge in [0.15, 0.2) is 0 Å². The van der Waals surface area contributed by atoms with Crippen LogP contribution >= 0.6 is 11.3 Å². The van der Waals surface area contributed by atoms with Crippen molar-refractivity contribution in [2.45, 2.75) is 52.1 Å². The van der Waals surface area contributed by atoms with E-state index in [1.54, 1.807) is 11.3 Å². The molecule has 19 heavy (non-hydrogen) atoms. The van der Waals surface area contributed by atoms with Crippen LogP contribution in [-0.4, -0.2) is 36.1 Å². The standard InChI is InChI=1S/C16H28N2S/c1-13(2)9-15-10-18(16(3,4)12-17-15)7-5-14-6-8-19-11-14/h6,8,11,13,15,17H,5,7,9-10,12H2,1-4H3. The van der Waals surface area contributed by atoms with Crippen molar-refractivity contribution in [2.24, 2.45) is 5.92 Å². The van der Waals surface area contributed by atoms with Gasteiger partial charge in [-0.1, -0.05) is 13.8 Å². The molecule has 0 bridgehead atoms. The molecule has 1 aromatic heterocycles. The molecular weight excluding hydrogens is 252 g/mol. The molecule has 0 spiro atoms. The summed E-state index contributed by atoms with van der Waals surface area (Å²) in [6, 6.07) is 2.92. The first-order valence-corrected chi connectivity index (χ1v) is 8.41. The van der Waals surface area contributed by atoms with Gasteiger partial charge in [0, 0.05) is 31.2 Å². The first kappa shape index (κ1) is 15.0. The summed E-state index contributed by atoms with van der Waals surface area (Å²) in [6.07, 6.45) is 2.46. The molecule has 0 aliphatic carbocycles. The molecule has 2 heterocycles. The van der Waals surface area contributed by atoms with Crippen molar-refractivity contribution in [1.29, 1.82) is 0 Å². The molecule has 0 radical (unpaired) electrons. The zero-order valence-corrected chi connectivity index (χ0v) is 13.6. The molecule has 0 saturated carbocycles. The van der Waals surface area contributed by atoms with E-state index in [9.17, 15) is 0 Å². The van der Waals surface area contributed by atoms with E-state index in [1.165, 1.54) is 31.5 Å². The van der Waals surface area contributed by atoms with E-state index in [1.807, 2.05) is 0 Å². The van der Waals surface area contributed by atoms with Crippen LogP contribution < -0.4 is 5.32 Å². The number of nitrogens with zero attached hydrogens (tertiary/aromatic N) is 1. The lowest BCUT2D eigenvalue weighted by molar-refractivity contribution is 0.0621. The maximum absolute atomic E-state index is 3.72. The number of piperazine rings is 1. The van der Waals surface area contributed by atoms with Crippen LogP contribution in [0.3, 0.4) is 0 Å². The molecule has 1 saturated heterocycles. The number of thiophene rings is 1. The van der Waals surface area contributed by atoms with Gasteiger partial charge in [0.25, 0.3) is 0 Å². The van der Waals surface area contributed by atoms with Gasteiger partial charge in [-0.2, -0.15) is 11.3 Å². The summed E-state index contributed by atoms with van der Waals surface area (Å²) in [5, 5.41) is 8.18. The van der Waals surface area contributed by atoms with Crippen LogP contribution in [0, 0.1) is 5.92 Å².